The Kier molecular flexibility index (Phi) is 4.75. The van der Waals surface area contributed by atoms with E-state index in [1.54, 1.807) is 19.5 Å². The summed E-state index contributed by atoms with van der Waals surface area (Å²) in [6.07, 6.45) is 9.08. The Labute approximate surface area is 134 Å². The number of methoxy groups -OCH3 is 1. The third-order valence-electron chi connectivity index (χ3n) is 4.03. The van der Waals surface area contributed by atoms with Crippen molar-refractivity contribution >= 4 is 5.91 Å². The van der Waals surface area contributed by atoms with Crippen LogP contribution in [0.2, 0.25) is 0 Å². The molecule has 7 heteroatoms. The molecule has 3 rings (SSSR count). The normalized spacial score (nSPS) is 14.0. The first kappa shape index (κ1) is 15.3. The van der Waals surface area contributed by atoms with E-state index < -0.39 is 0 Å². The molecule has 1 aliphatic rings. The van der Waals surface area contributed by atoms with Gasteiger partial charge in [-0.2, -0.15) is 0 Å². The lowest BCUT2D eigenvalue weighted by molar-refractivity contribution is -0.131. The number of rotatable bonds is 4. The van der Waals surface area contributed by atoms with Crippen LogP contribution >= 0.6 is 0 Å². The number of amides is 1. The second kappa shape index (κ2) is 7.13. The lowest BCUT2D eigenvalue weighted by atomic mass is 10.1. The van der Waals surface area contributed by atoms with Gasteiger partial charge in [0.05, 0.1) is 12.8 Å². The average molecular weight is 313 g/mol. The van der Waals surface area contributed by atoms with Crippen LogP contribution in [0.3, 0.4) is 0 Å². The molecule has 3 heterocycles. The minimum atomic E-state index is 0.147. The third kappa shape index (κ3) is 3.61. The van der Waals surface area contributed by atoms with E-state index in [2.05, 4.69) is 19.9 Å². The molecule has 1 aliphatic heterocycles. The summed E-state index contributed by atoms with van der Waals surface area (Å²) in [6.45, 7) is 1.35. The molecule has 0 atom stereocenters. The van der Waals surface area contributed by atoms with Crippen LogP contribution in [0.15, 0.2) is 25.0 Å². The molecule has 0 fully saturated rings. The first-order valence-electron chi connectivity index (χ1n) is 7.66. The van der Waals surface area contributed by atoms with E-state index in [9.17, 15) is 4.79 Å². The zero-order valence-corrected chi connectivity index (χ0v) is 13.1. The van der Waals surface area contributed by atoms with Crippen molar-refractivity contribution in [3.8, 4) is 5.88 Å². The zero-order chi connectivity index (χ0) is 16.1. The van der Waals surface area contributed by atoms with Gasteiger partial charge in [-0.1, -0.05) is 0 Å². The Bertz CT molecular complexity index is 677. The molecule has 0 unspecified atom stereocenters. The molecule has 1 amide bonds. The van der Waals surface area contributed by atoms with Gasteiger partial charge in [-0.25, -0.2) is 19.9 Å². The van der Waals surface area contributed by atoms with Crippen LogP contribution in [-0.4, -0.2) is 50.9 Å². The number of aryl methyl sites for hydroxylation is 1. The van der Waals surface area contributed by atoms with Crippen LogP contribution in [0.1, 0.15) is 23.2 Å². The van der Waals surface area contributed by atoms with Crippen molar-refractivity contribution in [2.75, 3.05) is 20.2 Å². The number of carbonyl (C=O) groups excluding carboxylic acids is 1. The Morgan fingerprint density at radius 3 is 2.74 bits per heavy atom. The van der Waals surface area contributed by atoms with Gasteiger partial charge in [0.1, 0.15) is 12.7 Å². The predicted octanol–water partition coefficient (Wildman–Crippen LogP) is 0.835. The van der Waals surface area contributed by atoms with E-state index in [1.165, 1.54) is 12.7 Å². The van der Waals surface area contributed by atoms with Gasteiger partial charge in [0.15, 0.2) is 0 Å². The van der Waals surface area contributed by atoms with Gasteiger partial charge in [0.2, 0.25) is 11.8 Å². The Balaban J connectivity index is 1.61. The molecule has 0 saturated carbocycles. The smallest absolute Gasteiger partial charge is 0.222 e. The van der Waals surface area contributed by atoms with Gasteiger partial charge in [-0.05, 0) is 18.4 Å². The molecule has 2 aromatic heterocycles. The number of nitrogens with zero attached hydrogens (tertiary/aromatic N) is 5. The van der Waals surface area contributed by atoms with Crippen molar-refractivity contribution in [1.82, 2.24) is 24.8 Å². The van der Waals surface area contributed by atoms with E-state index in [4.69, 9.17) is 4.74 Å². The first-order valence-corrected chi connectivity index (χ1v) is 7.66. The Morgan fingerprint density at radius 2 is 1.96 bits per heavy atom. The summed E-state index contributed by atoms with van der Waals surface area (Å²) in [5.41, 5.74) is 2.97. The quantitative estimate of drug-likeness (QED) is 0.832. The molecule has 0 radical (unpaired) electrons. The zero-order valence-electron chi connectivity index (χ0n) is 13.1. The lowest BCUT2D eigenvalue weighted by Crippen LogP contribution is -2.33. The number of carbonyl (C=O) groups is 1. The van der Waals surface area contributed by atoms with Crippen molar-refractivity contribution in [3.63, 3.8) is 0 Å². The monoisotopic (exact) mass is 313 g/mol. The maximum Gasteiger partial charge on any atom is 0.222 e. The maximum atomic E-state index is 12.4. The lowest BCUT2D eigenvalue weighted by Gasteiger charge is -2.20. The molecule has 0 aromatic carbocycles. The van der Waals surface area contributed by atoms with Gasteiger partial charge in [0, 0.05) is 43.9 Å². The molecule has 0 bridgehead atoms. The molecular formula is C16H19N5O2. The average Bonchev–Trinajstić information content (AvgIpc) is 2.83. The van der Waals surface area contributed by atoms with E-state index in [-0.39, 0.29) is 5.91 Å². The summed E-state index contributed by atoms with van der Waals surface area (Å²) in [7, 11) is 1.61. The van der Waals surface area contributed by atoms with Crippen molar-refractivity contribution in [3.05, 3.63) is 41.9 Å². The van der Waals surface area contributed by atoms with Crippen molar-refractivity contribution in [1.29, 1.82) is 0 Å². The van der Waals surface area contributed by atoms with Crippen molar-refractivity contribution in [2.45, 2.75) is 25.7 Å². The van der Waals surface area contributed by atoms with Gasteiger partial charge >= 0.3 is 0 Å². The van der Waals surface area contributed by atoms with Gasteiger partial charge in [-0.15, -0.1) is 0 Å². The first-order chi connectivity index (χ1) is 11.3. The summed E-state index contributed by atoms with van der Waals surface area (Å²) in [6, 6.07) is 0. The molecule has 7 nitrogen and oxygen atoms in total. The minimum absolute atomic E-state index is 0.147. The summed E-state index contributed by atoms with van der Waals surface area (Å²) >= 11 is 0. The van der Waals surface area contributed by atoms with Crippen molar-refractivity contribution in [2.24, 2.45) is 0 Å². The van der Waals surface area contributed by atoms with Crippen LogP contribution in [0.4, 0.5) is 0 Å². The van der Waals surface area contributed by atoms with Crippen LogP contribution in [0.5, 0.6) is 5.88 Å². The second-order valence-corrected chi connectivity index (χ2v) is 5.44. The number of hydrogen-bond donors (Lipinski definition) is 0. The summed E-state index contributed by atoms with van der Waals surface area (Å²) < 4.78 is 5.30. The molecule has 2 aromatic rings. The fourth-order valence-electron chi connectivity index (χ4n) is 2.79. The predicted molar refractivity (Wildman–Crippen MR) is 82.9 cm³/mol. The number of aromatic nitrogens is 4. The highest BCUT2D eigenvalue weighted by Gasteiger charge is 2.21. The fourth-order valence-corrected chi connectivity index (χ4v) is 2.79. The van der Waals surface area contributed by atoms with Gasteiger partial charge in [0.25, 0.3) is 0 Å². The Morgan fingerprint density at radius 1 is 1.17 bits per heavy atom. The van der Waals surface area contributed by atoms with Gasteiger partial charge < -0.3 is 9.64 Å². The highest BCUT2D eigenvalue weighted by molar-refractivity contribution is 5.76. The van der Waals surface area contributed by atoms with E-state index in [1.807, 2.05) is 4.90 Å². The largest absolute Gasteiger partial charge is 0.481 e. The second-order valence-electron chi connectivity index (χ2n) is 5.44. The molecule has 0 spiro atoms. The standard InChI is InChI=1S/C16H19N5O2/c1-23-16-13-4-6-21(7-5-14(13)19-11-20-16)15(22)3-2-12-8-17-10-18-9-12/h8-11H,2-7H2,1H3. The van der Waals surface area contributed by atoms with Crippen LogP contribution in [0, 0.1) is 0 Å². The highest BCUT2D eigenvalue weighted by Crippen LogP contribution is 2.22. The molecular weight excluding hydrogens is 294 g/mol. The molecule has 23 heavy (non-hydrogen) atoms. The van der Waals surface area contributed by atoms with E-state index >= 15 is 0 Å². The van der Waals surface area contributed by atoms with Crippen molar-refractivity contribution < 1.29 is 9.53 Å². The molecule has 0 saturated heterocycles. The number of ether oxygens (including phenoxy) is 1. The number of fused-ring (bicyclic) bond motifs is 1. The van der Waals surface area contributed by atoms with E-state index in [0.29, 0.717) is 31.8 Å². The van der Waals surface area contributed by atoms with Crippen LogP contribution < -0.4 is 4.74 Å². The molecule has 0 N–H and O–H groups in total. The summed E-state index contributed by atoms with van der Waals surface area (Å²) in [5, 5.41) is 0. The topological polar surface area (TPSA) is 81.1 Å². The summed E-state index contributed by atoms with van der Waals surface area (Å²) in [4.78, 5) is 30.8. The van der Waals surface area contributed by atoms with Crippen LogP contribution in [-0.2, 0) is 24.1 Å². The fraction of sp³-hybridized carbons (Fsp3) is 0.438. The molecule has 120 valence electrons. The minimum Gasteiger partial charge on any atom is -0.481 e. The third-order valence-corrected chi connectivity index (χ3v) is 4.03. The molecule has 0 aliphatic carbocycles. The summed E-state index contributed by atoms with van der Waals surface area (Å²) in [5.74, 6) is 0.763. The Hall–Kier alpha value is -2.57. The van der Waals surface area contributed by atoms with E-state index in [0.717, 1.165) is 29.7 Å². The van der Waals surface area contributed by atoms with Gasteiger partial charge in [-0.3, -0.25) is 4.79 Å². The SMILES string of the molecule is COc1ncnc2c1CCN(C(=O)CCc1cncnc1)CC2. The maximum absolute atomic E-state index is 12.4. The van der Waals surface area contributed by atoms with Crippen LogP contribution in [0.25, 0.3) is 0 Å². The number of hydrogen-bond acceptors (Lipinski definition) is 6. The highest BCUT2D eigenvalue weighted by atomic mass is 16.5.